The molecular weight excluding hydrogens is 210 g/mol. The van der Waals surface area contributed by atoms with Crippen molar-refractivity contribution in [3.8, 4) is 0 Å². The highest BCUT2D eigenvalue weighted by atomic mass is 32.2. The molecule has 2 rings (SSSR count). The molecule has 1 aromatic heterocycles. The third-order valence-electron chi connectivity index (χ3n) is 1.54. The van der Waals surface area contributed by atoms with Gasteiger partial charge >= 0.3 is 0 Å². The molecule has 0 saturated heterocycles. The lowest BCUT2D eigenvalue weighted by Gasteiger charge is -1.84. The van der Waals surface area contributed by atoms with E-state index in [4.69, 9.17) is 0 Å². The molecule has 0 saturated carbocycles. The van der Waals surface area contributed by atoms with Crippen LogP contribution in [0.3, 0.4) is 0 Å². The van der Waals surface area contributed by atoms with E-state index in [0.717, 1.165) is 11.3 Å². The van der Waals surface area contributed by atoms with E-state index in [1.54, 1.807) is 11.3 Å². The molecule has 1 heterocycles. The zero-order valence-electron chi connectivity index (χ0n) is 8.78. The Balaban J connectivity index is 0.000000461. The Morgan fingerprint density at radius 1 is 1.29 bits per heavy atom. The van der Waals surface area contributed by atoms with Crippen molar-refractivity contribution in [3.05, 3.63) is 24.3 Å². The van der Waals surface area contributed by atoms with Gasteiger partial charge in [0.25, 0.3) is 0 Å². The quantitative estimate of drug-likeness (QED) is 0.701. The minimum Gasteiger partial charge on any atom is -0.230 e. The summed E-state index contributed by atoms with van der Waals surface area (Å²) in [6.07, 6.45) is 0. The van der Waals surface area contributed by atoms with Crippen molar-refractivity contribution >= 4 is 33.3 Å². The van der Waals surface area contributed by atoms with Crippen LogP contribution in [0.5, 0.6) is 0 Å². The zero-order valence-corrected chi connectivity index (χ0v) is 10.4. The van der Waals surface area contributed by atoms with E-state index in [-0.39, 0.29) is 0 Å². The standard InChI is InChI=1S/C9H9NS2.C2H6/c1-2-11-9-10-7-5-3-4-6-8(7)12-9;1-2/h3-6H,2H2,1H3;1-2H3. The minimum atomic E-state index is 1.10. The van der Waals surface area contributed by atoms with E-state index in [2.05, 4.69) is 30.1 Å². The van der Waals surface area contributed by atoms with Crippen molar-refractivity contribution in [2.45, 2.75) is 25.1 Å². The van der Waals surface area contributed by atoms with Crippen LogP contribution >= 0.6 is 23.1 Å². The van der Waals surface area contributed by atoms with E-state index in [9.17, 15) is 0 Å². The molecule has 0 bridgehead atoms. The maximum atomic E-state index is 4.48. The molecule has 0 spiro atoms. The number of thioether (sulfide) groups is 1. The number of para-hydroxylation sites is 1. The van der Waals surface area contributed by atoms with Crippen LogP contribution in [0.25, 0.3) is 10.2 Å². The predicted octanol–water partition coefficient (Wildman–Crippen LogP) is 4.43. The molecule has 1 nitrogen and oxygen atoms in total. The Morgan fingerprint density at radius 3 is 2.64 bits per heavy atom. The van der Waals surface area contributed by atoms with Crippen molar-refractivity contribution < 1.29 is 0 Å². The molecule has 0 aliphatic carbocycles. The van der Waals surface area contributed by atoms with Crippen LogP contribution in [-0.4, -0.2) is 10.7 Å². The monoisotopic (exact) mass is 225 g/mol. The van der Waals surface area contributed by atoms with Gasteiger partial charge < -0.3 is 0 Å². The van der Waals surface area contributed by atoms with E-state index in [1.807, 2.05) is 31.7 Å². The van der Waals surface area contributed by atoms with Gasteiger partial charge in [-0.1, -0.05) is 44.7 Å². The van der Waals surface area contributed by atoms with Crippen LogP contribution in [0.2, 0.25) is 0 Å². The summed E-state index contributed by atoms with van der Waals surface area (Å²) in [5.41, 5.74) is 1.12. The zero-order chi connectivity index (χ0) is 10.4. The van der Waals surface area contributed by atoms with Crippen LogP contribution in [-0.2, 0) is 0 Å². The molecule has 1 aromatic carbocycles. The summed E-state index contributed by atoms with van der Waals surface area (Å²) in [6, 6.07) is 8.27. The van der Waals surface area contributed by atoms with Crippen LogP contribution < -0.4 is 0 Å². The summed E-state index contributed by atoms with van der Waals surface area (Å²) in [5, 5.41) is 0. The first kappa shape index (κ1) is 11.5. The van der Waals surface area contributed by atoms with Crippen molar-refractivity contribution in [1.29, 1.82) is 0 Å². The second-order valence-corrected chi connectivity index (χ2v) is 4.92. The highest BCUT2D eigenvalue weighted by Gasteiger charge is 2.00. The summed E-state index contributed by atoms with van der Waals surface area (Å²) < 4.78 is 2.46. The molecule has 76 valence electrons. The second-order valence-electron chi connectivity index (χ2n) is 2.38. The lowest BCUT2D eigenvalue weighted by molar-refractivity contribution is 1.30. The number of fused-ring (bicyclic) bond motifs is 1. The summed E-state index contributed by atoms with van der Waals surface area (Å²) in [6.45, 7) is 6.15. The minimum absolute atomic E-state index is 1.10. The molecule has 0 N–H and O–H groups in total. The van der Waals surface area contributed by atoms with Gasteiger partial charge in [0.2, 0.25) is 0 Å². The molecule has 0 aliphatic heterocycles. The number of thiazole rings is 1. The molecule has 0 aliphatic rings. The lowest BCUT2D eigenvalue weighted by Crippen LogP contribution is -1.68. The molecule has 0 unspecified atom stereocenters. The first-order valence-corrected chi connectivity index (χ1v) is 6.68. The fourth-order valence-corrected chi connectivity index (χ4v) is 3.00. The van der Waals surface area contributed by atoms with E-state index in [0.29, 0.717) is 0 Å². The number of aromatic nitrogens is 1. The number of hydrogen-bond donors (Lipinski definition) is 0. The Hall–Kier alpha value is -0.540. The van der Waals surface area contributed by atoms with Crippen LogP contribution in [0.1, 0.15) is 20.8 Å². The number of benzene rings is 1. The maximum Gasteiger partial charge on any atom is 0.151 e. The van der Waals surface area contributed by atoms with E-state index < -0.39 is 0 Å². The first-order chi connectivity index (χ1) is 6.90. The van der Waals surface area contributed by atoms with E-state index in [1.165, 1.54) is 9.04 Å². The number of hydrogen-bond acceptors (Lipinski definition) is 3. The van der Waals surface area contributed by atoms with E-state index >= 15 is 0 Å². The van der Waals surface area contributed by atoms with Crippen molar-refractivity contribution in [3.63, 3.8) is 0 Å². The Labute approximate surface area is 93.6 Å². The second kappa shape index (κ2) is 6.04. The molecular formula is C11H15NS2. The molecule has 0 fully saturated rings. The molecule has 2 aromatic rings. The summed E-state index contributed by atoms with van der Waals surface area (Å²) in [4.78, 5) is 4.48. The van der Waals surface area contributed by atoms with Gasteiger partial charge in [0.1, 0.15) is 0 Å². The van der Waals surface area contributed by atoms with Gasteiger partial charge in [0, 0.05) is 0 Å². The van der Waals surface area contributed by atoms with Gasteiger partial charge in [-0.2, -0.15) is 0 Å². The van der Waals surface area contributed by atoms with Gasteiger partial charge in [-0.15, -0.1) is 11.3 Å². The van der Waals surface area contributed by atoms with Crippen molar-refractivity contribution in [1.82, 2.24) is 4.98 Å². The highest BCUT2D eigenvalue weighted by Crippen LogP contribution is 2.28. The van der Waals surface area contributed by atoms with Crippen LogP contribution in [0.15, 0.2) is 28.6 Å². The fraction of sp³-hybridized carbons (Fsp3) is 0.364. The summed E-state index contributed by atoms with van der Waals surface area (Å²) >= 11 is 3.58. The molecule has 0 atom stereocenters. The molecule has 3 heteroatoms. The summed E-state index contributed by atoms with van der Waals surface area (Å²) in [7, 11) is 0. The maximum absolute atomic E-state index is 4.48. The Morgan fingerprint density at radius 2 is 2.00 bits per heavy atom. The Bertz CT molecular complexity index is 348. The SMILES string of the molecule is CC.CCSc1nc2ccccc2s1. The van der Waals surface area contributed by atoms with Crippen LogP contribution in [0.4, 0.5) is 0 Å². The van der Waals surface area contributed by atoms with Crippen molar-refractivity contribution in [2.24, 2.45) is 0 Å². The largest absolute Gasteiger partial charge is 0.230 e. The highest BCUT2D eigenvalue weighted by molar-refractivity contribution is 8.01. The molecule has 14 heavy (non-hydrogen) atoms. The Kier molecular flexibility index (Phi) is 4.98. The lowest BCUT2D eigenvalue weighted by atomic mass is 10.3. The van der Waals surface area contributed by atoms with Gasteiger partial charge in [-0.05, 0) is 17.9 Å². The van der Waals surface area contributed by atoms with Crippen LogP contribution in [0, 0.1) is 0 Å². The smallest absolute Gasteiger partial charge is 0.151 e. The average molecular weight is 225 g/mol. The predicted molar refractivity (Wildman–Crippen MR) is 67.4 cm³/mol. The number of rotatable bonds is 2. The van der Waals surface area contributed by atoms with Crippen molar-refractivity contribution in [2.75, 3.05) is 5.75 Å². The normalized spacial score (nSPS) is 9.64. The van der Waals surface area contributed by atoms with Gasteiger partial charge in [0.05, 0.1) is 10.2 Å². The third kappa shape index (κ3) is 2.72. The molecule has 0 amide bonds. The van der Waals surface area contributed by atoms with Gasteiger partial charge in [0.15, 0.2) is 4.34 Å². The average Bonchev–Trinajstić information content (AvgIpc) is 2.63. The molecule has 0 radical (unpaired) electrons. The number of nitrogens with zero attached hydrogens (tertiary/aromatic N) is 1. The topological polar surface area (TPSA) is 12.9 Å². The fourth-order valence-electron chi connectivity index (χ4n) is 1.04. The third-order valence-corrected chi connectivity index (χ3v) is 3.60. The van der Waals surface area contributed by atoms with Gasteiger partial charge in [-0.3, -0.25) is 0 Å². The summed E-state index contributed by atoms with van der Waals surface area (Å²) in [5.74, 6) is 1.10. The first-order valence-electron chi connectivity index (χ1n) is 4.88. The van der Waals surface area contributed by atoms with Gasteiger partial charge in [-0.25, -0.2) is 4.98 Å².